The molecule has 2 rings (SSSR count). The van der Waals surface area contributed by atoms with Crippen LogP contribution in [0.5, 0.6) is 0 Å². The van der Waals surface area contributed by atoms with Crippen molar-refractivity contribution in [3.05, 3.63) is 59.7 Å². The average molecular weight is 367 g/mol. The Morgan fingerprint density at radius 3 is 1.37 bits per heavy atom. The van der Waals surface area contributed by atoms with E-state index < -0.39 is 0 Å². The van der Waals surface area contributed by atoms with E-state index in [2.05, 4.69) is 68.3 Å². The zero-order valence-electron chi connectivity index (χ0n) is 16.8. The zero-order chi connectivity index (χ0) is 19.5. The van der Waals surface area contributed by atoms with Crippen LogP contribution in [0.25, 0.3) is 0 Å². The van der Waals surface area contributed by atoms with Crippen molar-refractivity contribution in [2.75, 3.05) is 64.3 Å². The quantitative estimate of drug-likeness (QED) is 0.478. The molecule has 144 valence electrons. The van der Waals surface area contributed by atoms with Gasteiger partial charge in [-0.05, 0) is 35.4 Å². The van der Waals surface area contributed by atoms with E-state index in [4.69, 9.17) is 4.74 Å². The summed E-state index contributed by atoms with van der Waals surface area (Å²) in [7, 11) is 8.13. The highest BCUT2D eigenvalue weighted by molar-refractivity contribution is 5.80. The van der Waals surface area contributed by atoms with Crippen LogP contribution in [-0.4, -0.2) is 66.9 Å². The van der Waals surface area contributed by atoms with Crippen LogP contribution in [0.1, 0.15) is 11.1 Å². The first-order valence-electron chi connectivity index (χ1n) is 9.18. The molecule has 5 nitrogen and oxygen atoms in total. The van der Waals surface area contributed by atoms with Crippen LogP contribution >= 0.6 is 0 Å². The first-order valence-corrected chi connectivity index (χ1v) is 9.18. The first-order chi connectivity index (χ1) is 13.1. The lowest BCUT2D eigenvalue weighted by molar-refractivity contribution is 0.150. The van der Waals surface area contributed by atoms with Crippen molar-refractivity contribution in [2.45, 2.75) is 0 Å². The van der Waals surface area contributed by atoms with Crippen molar-refractivity contribution in [2.24, 2.45) is 9.98 Å². The smallest absolute Gasteiger partial charge is 0.0662 e. The molecule has 0 aromatic heterocycles. The summed E-state index contributed by atoms with van der Waals surface area (Å²) >= 11 is 0. The lowest BCUT2D eigenvalue weighted by Gasteiger charge is -2.11. The van der Waals surface area contributed by atoms with Gasteiger partial charge in [0.2, 0.25) is 0 Å². The third-order valence-corrected chi connectivity index (χ3v) is 4.03. The second kappa shape index (κ2) is 11.1. The SMILES string of the molecule is CN(C)c1ccc(C=NCCOCCN=Cc2ccc(N(C)C)cc2)cc1. The van der Waals surface area contributed by atoms with Gasteiger partial charge in [0.15, 0.2) is 0 Å². The minimum Gasteiger partial charge on any atom is -0.378 e. The molecule has 5 heteroatoms. The van der Waals surface area contributed by atoms with Gasteiger partial charge in [0, 0.05) is 52.0 Å². The summed E-state index contributed by atoms with van der Waals surface area (Å²) in [6.45, 7) is 2.54. The van der Waals surface area contributed by atoms with E-state index >= 15 is 0 Å². The Balaban J connectivity index is 1.59. The van der Waals surface area contributed by atoms with Gasteiger partial charge in [-0.2, -0.15) is 0 Å². The van der Waals surface area contributed by atoms with Crippen LogP contribution in [0, 0.1) is 0 Å². The number of hydrogen-bond acceptors (Lipinski definition) is 5. The molecule has 0 saturated heterocycles. The Hall–Kier alpha value is -2.66. The number of aliphatic imine (C=N–C) groups is 2. The highest BCUT2D eigenvalue weighted by Gasteiger charge is 1.95. The normalized spacial score (nSPS) is 11.4. The first kappa shape index (κ1) is 20.6. The van der Waals surface area contributed by atoms with Gasteiger partial charge >= 0.3 is 0 Å². The van der Waals surface area contributed by atoms with E-state index in [0.29, 0.717) is 26.3 Å². The minimum absolute atomic E-state index is 0.610. The number of benzene rings is 2. The van der Waals surface area contributed by atoms with Gasteiger partial charge in [0.05, 0.1) is 26.3 Å². The van der Waals surface area contributed by atoms with Crippen molar-refractivity contribution < 1.29 is 4.74 Å². The highest BCUT2D eigenvalue weighted by atomic mass is 16.5. The van der Waals surface area contributed by atoms with Crippen LogP contribution < -0.4 is 9.80 Å². The minimum atomic E-state index is 0.610. The number of nitrogens with zero attached hydrogens (tertiary/aromatic N) is 4. The molecular formula is C22H30N4O. The molecule has 0 radical (unpaired) electrons. The molecule has 2 aromatic carbocycles. The summed E-state index contributed by atoms with van der Waals surface area (Å²) in [6, 6.07) is 16.6. The van der Waals surface area contributed by atoms with Gasteiger partial charge in [-0.15, -0.1) is 0 Å². The second-order valence-corrected chi connectivity index (χ2v) is 6.65. The maximum absolute atomic E-state index is 5.57. The van der Waals surface area contributed by atoms with Crippen LogP contribution in [0.2, 0.25) is 0 Å². The zero-order valence-corrected chi connectivity index (χ0v) is 16.8. The molecule has 0 heterocycles. The largest absolute Gasteiger partial charge is 0.378 e. The van der Waals surface area contributed by atoms with Crippen molar-refractivity contribution in [3.8, 4) is 0 Å². The molecule has 0 aliphatic rings. The molecule has 27 heavy (non-hydrogen) atoms. The fourth-order valence-corrected chi connectivity index (χ4v) is 2.39. The van der Waals surface area contributed by atoms with Crippen LogP contribution in [0.3, 0.4) is 0 Å². The molecule has 2 aromatic rings. The second-order valence-electron chi connectivity index (χ2n) is 6.65. The topological polar surface area (TPSA) is 40.4 Å². The van der Waals surface area contributed by atoms with E-state index in [0.717, 1.165) is 11.1 Å². The number of hydrogen-bond donors (Lipinski definition) is 0. The monoisotopic (exact) mass is 366 g/mol. The number of ether oxygens (including phenoxy) is 1. The molecule has 0 spiro atoms. The molecule has 0 aliphatic heterocycles. The standard InChI is InChI=1S/C22H30N4O/c1-25(2)21-9-5-19(6-10-21)17-23-13-15-27-16-14-24-18-20-7-11-22(12-8-20)26(3)4/h5-12,17-18H,13-16H2,1-4H3. The van der Waals surface area contributed by atoms with Crippen molar-refractivity contribution in [3.63, 3.8) is 0 Å². The third kappa shape index (κ3) is 7.62. The molecule has 0 saturated carbocycles. The highest BCUT2D eigenvalue weighted by Crippen LogP contribution is 2.11. The van der Waals surface area contributed by atoms with E-state index in [-0.39, 0.29) is 0 Å². The fraction of sp³-hybridized carbons (Fsp3) is 0.364. The summed E-state index contributed by atoms with van der Waals surface area (Å²) in [4.78, 5) is 13.0. The van der Waals surface area contributed by atoms with E-state index in [1.54, 1.807) is 0 Å². The fourth-order valence-electron chi connectivity index (χ4n) is 2.39. The average Bonchev–Trinajstić information content (AvgIpc) is 2.67. The Bertz CT molecular complexity index is 655. The molecule has 0 amide bonds. The molecule has 0 N–H and O–H groups in total. The Morgan fingerprint density at radius 1 is 0.667 bits per heavy atom. The Kier molecular flexibility index (Phi) is 8.52. The van der Waals surface area contributed by atoms with E-state index in [1.165, 1.54) is 11.4 Å². The van der Waals surface area contributed by atoms with Gasteiger partial charge in [0.25, 0.3) is 0 Å². The summed E-state index contributed by atoms with van der Waals surface area (Å²) in [5.74, 6) is 0. The summed E-state index contributed by atoms with van der Waals surface area (Å²) in [6.07, 6.45) is 3.77. The van der Waals surface area contributed by atoms with Gasteiger partial charge in [-0.1, -0.05) is 24.3 Å². The van der Waals surface area contributed by atoms with Crippen molar-refractivity contribution >= 4 is 23.8 Å². The predicted molar refractivity (Wildman–Crippen MR) is 117 cm³/mol. The summed E-state index contributed by atoms with van der Waals surface area (Å²) in [5, 5.41) is 0. The maximum Gasteiger partial charge on any atom is 0.0662 e. The molecule has 0 aliphatic carbocycles. The molecule has 0 unspecified atom stereocenters. The van der Waals surface area contributed by atoms with Crippen LogP contribution in [0.4, 0.5) is 11.4 Å². The van der Waals surface area contributed by atoms with Gasteiger partial charge in [0.1, 0.15) is 0 Å². The van der Waals surface area contributed by atoms with Gasteiger partial charge < -0.3 is 14.5 Å². The predicted octanol–water partition coefficient (Wildman–Crippen LogP) is 3.37. The van der Waals surface area contributed by atoms with Crippen LogP contribution in [0.15, 0.2) is 58.5 Å². The maximum atomic E-state index is 5.57. The van der Waals surface area contributed by atoms with Crippen molar-refractivity contribution in [1.29, 1.82) is 0 Å². The Morgan fingerprint density at radius 2 is 1.04 bits per heavy atom. The van der Waals surface area contributed by atoms with E-state index in [1.807, 2.05) is 40.6 Å². The third-order valence-electron chi connectivity index (χ3n) is 4.03. The lowest BCUT2D eigenvalue weighted by Crippen LogP contribution is -2.08. The van der Waals surface area contributed by atoms with Crippen molar-refractivity contribution in [1.82, 2.24) is 0 Å². The molecular weight excluding hydrogens is 336 g/mol. The van der Waals surface area contributed by atoms with Gasteiger partial charge in [-0.25, -0.2) is 0 Å². The lowest BCUT2D eigenvalue weighted by atomic mass is 10.2. The summed E-state index contributed by atoms with van der Waals surface area (Å²) < 4.78 is 5.57. The molecule has 0 fully saturated rings. The summed E-state index contributed by atoms with van der Waals surface area (Å²) in [5.41, 5.74) is 4.57. The molecule has 0 bridgehead atoms. The van der Waals surface area contributed by atoms with E-state index in [9.17, 15) is 0 Å². The Labute approximate surface area is 163 Å². The number of rotatable bonds is 10. The van der Waals surface area contributed by atoms with Gasteiger partial charge in [-0.3, -0.25) is 9.98 Å². The van der Waals surface area contributed by atoms with Crippen LogP contribution in [-0.2, 0) is 4.74 Å². The molecule has 0 atom stereocenters. The number of anilines is 2.